The Bertz CT molecular complexity index is 336. The first-order valence-electron chi connectivity index (χ1n) is 6.93. The van der Waals surface area contributed by atoms with E-state index < -0.39 is 0 Å². The van der Waals surface area contributed by atoms with Gasteiger partial charge in [0.1, 0.15) is 5.75 Å². The van der Waals surface area contributed by atoms with Gasteiger partial charge in [-0.2, -0.15) is 0 Å². The second-order valence-corrected chi connectivity index (χ2v) is 5.45. The van der Waals surface area contributed by atoms with Crippen LogP contribution in [-0.2, 0) is 6.42 Å². The van der Waals surface area contributed by atoms with Crippen molar-refractivity contribution in [2.45, 2.75) is 33.1 Å². The maximum atomic E-state index is 5.28. The van der Waals surface area contributed by atoms with Crippen molar-refractivity contribution in [1.29, 1.82) is 0 Å². The number of rotatable bonds is 8. The molecule has 0 aromatic heterocycles. The first kappa shape index (κ1) is 15.0. The van der Waals surface area contributed by atoms with Crippen LogP contribution < -0.4 is 10.1 Å². The number of hydrogen-bond acceptors (Lipinski definition) is 2. The zero-order chi connectivity index (χ0) is 13.4. The quantitative estimate of drug-likeness (QED) is 0.761. The average molecular weight is 249 g/mol. The number of ether oxygens (including phenoxy) is 1. The third kappa shape index (κ3) is 5.54. The van der Waals surface area contributed by atoms with Crippen molar-refractivity contribution in [3.8, 4) is 5.75 Å². The second kappa shape index (κ2) is 8.15. The molecule has 0 amide bonds. The van der Waals surface area contributed by atoms with Crippen LogP contribution >= 0.6 is 0 Å². The zero-order valence-electron chi connectivity index (χ0n) is 12.2. The van der Waals surface area contributed by atoms with Crippen LogP contribution in [0.15, 0.2) is 24.3 Å². The van der Waals surface area contributed by atoms with Gasteiger partial charge in [-0.3, -0.25) is 0 Å². The molecule has 2 heteroatoms. The summed E-state index contributed by atoms with van der Waals surface area (Å²) in [6.45, 7) is 5.67. The van der Waals surface area contributed by atoms with Crippen LogP contribution in [0.4, 0.5) is 0 Å². The van der Waals surface area contributed by atoms with E-state index in [1.807, 2.05) is 13.1 Å². The molecule has 1 atom stereocenters. The fourth-order valence-electron chi connectivity index (χ4n) is 2.27. The maximum Gasteiger partial charge on any atom is 0.119 e. The Hall–Kier alpha value is -1.02. The lowest BCUT2D eigenvalue weighted by Gasteiger charge is -2.18. The van der Waals surface area contributed by atoms with Crippen LogP contribution in [0.2, 0.25) is 0 Å². The molecule has 0 aliphatic rings. The lowest BCUT2D eigenvalue weighted by Crippen LogP contribution is -2.21. The minimum absolute atomic E-state index is 0.713. The first-order valence-corrected chi connectivity index (χ1v) is 6.93. The highest BCUT2D eigenvalue weighted by Gasteiger charge is 2.10. The summed E-state index contributed by atoms with van der Waals surface area (Å²) in [6.07, 6.45) is 3.72. The summed E-state index contributed by atoms with van der Waals surface area (Å²) in [6, 6.07) is 8.43. The van der Waals surface area contributed by atoms with Crippen molar-refractivity contribution in [2.75, 3.05) is 20.7 Å². The SMILES string of the molecule is CNCC(CCC(C)C)Cc1cccc(OC)c1. The summed E-state index contributed by atoms with van der Waals surface area (Å²) >= 11 is 0. The van der Waals surface area contributed by atoms with Crippen LogP contribution in [0.1, 0.15) is 32.3 Å². The summed E-state index contributed by atoms with van der Waals surface area (Å²) in [5.74, 6) is 2.46. The Morgan fingerprint density at radius 1 is 1.22 bits per heavy atom. The molecule has 0 aliphatic carbocycles. The van der Waals surface area contributed by atoms with Crippen LogP contribution in [0.5, 0.6) is 5.75 Å². The highest BCUT2D eigenvalue weighted by atomic mass is 16.5. The Kier molecular flexibility index (Phi) is 6.81. The topological polar surface area (TPSA) is 21.3 Å². The summed E-state index contributed by atoms with van der Waals surface area (Å²) in [5.41, 5.74) is 1.37. The van der Waals surface area contributed by atoms with Gasteiger partial charge < -0.3 is 10.1 Å². The molecule has 1 aromatic rings. The highest BCUT2D eigenvalue weighted by molar-refractivity contribution is 5.28. The fraction of sp³-hybridized carbons (Fsp3) is 0.625. The number of hydrogen-bond donors (Lipinski definition) is 1. The molecule has 18 heavy (non-hydrogen) atoms. The van der Waals surface area contributed by atoms with Gasteiger partial charge in [-0.05, 0) is 56.0 Å². The molecule has 0 aliphatic heterocycles. The predicted octanol–water partition coefficient (Wildman–Crippen LogP) is 3.51. The Morgan fingerprint density at radius 2 is 2.00 bits per heavy atom. The molecule has 0 fully saturated rings. The van der Waals surface area contributed by atoms with Gasteiger partial charge in [0.2, 0.25) is 0 Å². The van der Waals surface area contributed by atoms with Gasteiger partial charge in [-0.25, -0.2) is 0 Å². The Morgan fingerprint density at radius 3 is 2.61 bits per heavy atom. The molecular formula is C16H27NO. The molecular weight excluding hydrogens is 222 g/mol. The van der Waals surface area contributed by atoms with Gasteiger partial charge >= 0.3 is 0 Å². The summed E-state index contributed by atoms with van der Waals surface area (Å²) in [5, 5.41) is 3.31. The molecule has 0 radical (unpaired) electrons. The van der Waals surface area contributed by atoms with Crippen molar-refractivity contribution in [3.63, 3.8) is 0 Å². The van der Waals surface area contributed by atoms with E-state index in [0.29, 0.717) is 5.92 Å². The van der Waals surface area contributed by atoms with Crippen molar-refractivity contribution < 1.29 is 4.74 Å². The predicted molar refractivity (Wildman–Crippen MR) is 78.2 cm³/mol. The smallest absolute Gasteiger partial charge is 0.119 e. The van der Waals surface area contributed by atoms with Crippen molar-refractivity contribution in [2.24, 2.45) is 11.8 Å². The van der Waals surface area contributed by atoms with E-state index in [1.54, 1.807) is 7.11 Å². The largest absolute Gasteiger partial charge is 0.497 e. The molecule has 1 aromatic carbocycles. The normalized spacial score (nSPS) is 12.7. The van der Waals surface area contributed by atoms with Gasteiger partial charge in [0.15, 0.2) is 0 Å². The average Bonchev–Trinajstić information content (AvgIpc) is 2.36. The monoisotopic (exact) mass is 249 g/mol. The van der Waals surface area contributed by atoms with Crippen LogP contribution in [0.3, 0.4) is 0 Å². The first-order chi connectivity index (χ1) is 8.65. The number of nitrogens with one attached hydrogen (secondary N) is 1. The molecule has 2 nitrogen and oxygen atoms in total. The molecule has 0 spiro atoms. The van der Waals surface area contributed by atoms with Crippen molar-refractivity contribution in [1.82, 2.24) is 5.32 Å². The van der Waals surface area contributed by atoms with E-state index in [0.717, 1.165) is 24.6 Å². The van der Waals surface area contributed by atoms with Gasteiger partial charge in [0, 0.05) is 0 Å². The Labute approximate surface area is 112 Å². The lowest BCUT2D eigenvalue weighted by molar-refractivity contribution is 0.403. The molecule has 102 valence electrons. The molecule has 1 rings (SSSR count). The summed E-state index contributed by atoms with van der Waals surface area (Å²) < 4.78 is 5.28. The number of benzene rings is 1. The molecule has 0 saturated carbocycles. The molecule has 1 N–H and O–H groups in total. The van der Waals surface area contributed by atoms with Crippen LogP contribution in [0.25, 0.3) is 0 Å². The van der Waals surface area contributed by atoms with Crippen molar-refractivity contribution in [3.05, 3.63) is 29.8 Å². The van der Waals surface area contributed by atoms with E-state index in [4.69, 9.17) is 4.74 Å². The molecule has 0 bridgehead atoms. The number of methoxy groups -OCH3 is 1. The molecule has 1 unspecified atom stereocenters. The Balaban J connectivity index is 2.57. The fourth-order valence-corrected chi connectivity index (χ4v) is 2.27. The van der Waals surface area contributed by atoms with Crippen molar-refractivity contribution >= 4 is 0 Å². The maximum absolute atomic E-state index is 5.28. The summed E-state index contributed by atoms with van der Waals surface area (Å²) in [4.78, 5) is 0. The van der Waals surface area contributed by atoms with E-state index in [9.17, 15) is 0 Å². The third-order valence-electron chi connectivity index (χ3n) is 3.30. The molecule has 0 saturated heterocycles. The van der Waals surface area contributed by atoms with Gasteiger partial charge in [0.05, 0.1) is 7.11 Å². The van der Waals surface area contributed by atoms with E-state index in [2.05, 4.69) is 37.4 Å². The summed E-state index contributed by atoms with van der Waals surface area (Å²) in [7, 11) is 3.76. The standard InChI is InChI=1S/C16H27NO/c1-13(2)8-9-15(12-17-3)10-14-6-5-7-16(11-14)18-4/h5-7,11,13,15,17H,8-10,12H2,1-4H3. The van der Waals surface area contributed by atoms with Crippen LogP contribution in [0, 0.1) is 11.8 Å². The second-order valence-electron chi connectivity index (χ2n) is 5.45. The van der Waals surface area contributed by atoms with Gasteiger partial charge in [-0.15, -0.1) is 0 Å². The minimum Gasteiger partial charge on any atom is -0.497 e. The van der Waals surface area contributed by atoms with Crippen LogP contribution in [-0.4, -0.2) is 20.7 Å². The van der Waals surface area contributed by atoms with Gasteiger partial charge in [-0.1, -0.05) is 32.4 Å². The van der Waals surface area contributed by atoms with E-state index in [-0.39, 0.29) is 0 Å². The minimum atomic E-state index is 0.713. The zero-order valence-corrected chi connectivity index (χ0v) is 12.2. The van der Waals surface area contributed by atoms with E-state index in [1.165, 1.54) is 18.4 Å². The molecule has 0 heterocycles. The third-order valence-corrected chi connectivity index (χ3v) is 3.30. The lowest BCUT2D eigenvalue weighted by atomic mass is 9.92. The van der Waals surface area contributed by atoms with Gasteiger partial charge in [0.25, 0.3) is 0 Å². The highest BCUT2D eigenvalue weighted by Crippen LogP contribution is 2.20. The van der Waals surface area contributed by atoms with E-state index >= 15 is 0 Å².